The van der Waals surface area contributed by atoms with Gasteiger partial charge in [-0.1, -0.05) is 43.2 Å². The molecule has 27 heavy (non-hydrogen) atoms. The molecule has 2 aromatic carbocycles. The molecule has 0 aliphatic rings. The summed E-state index contributed by atoms with van der Waals surface area (Å²) in [7, 11) is 0. The van der Waals surface area contributed by atoms with E-state index in [1.165, 1.54) is 21.2 Å². The highest BCUT2D eigenvalue weighted by molar-refractivity contribution is 7.81. The molecule has 0 amide bonds. The molecular weight excluding hydrogens is 376 g/mol. The zero-order chi connectivity index (χ0) is 19.1. The monoisotopic (exact) mass is 400 g/mol. The fourth-order valence-electron chi connectivity index (χ4n) is 3.03. The molecule has 1 N–H and O–H groups in total. The van der Waals surface area contributed by atoms with Crippen molar-refractivity contribution in [1.29, 1.82) is 0 Å². The Kier molecular flexibility index (Phi) is 7.18. The van der Waals surface area contributed by atoms with Crippen molar-refractivity contribution >= 4 is 40.7 Å². The summed E-state index contributed by atoms with van der Waals surface area (Å²) in [5.74, 6) is 0.0648. The third-order valence-electron chi connectivity index (χ3n) is 4.57. The Balaban J connectivity index is 1.50. The van der Waals surface area contributed by atoms with Crippen LogP contribution in [0.3, 0.4) is 0 Å². The maximum atomic E-state index is 10.7. The Labute approximate surface area is 169 Å². The van der Waals surface area contributed by atoms with E-state index in [1.54, 1.807) is 11.3 Å². The number of carbonyl (C=O) groups is 1. The number of hydrogen-bond acceptors (Lipinski definition) is 4. The summed E-state index contributed by atoms with van der Waals surface area (Å²) in [4.78, 5) is 12.0. The molecule has 0 aliphatic carbocycles. The van der Waals surface area contributed by atoms with Gasteiger partial charge in [-0.3, -0.25) is 4.79 Å². The van der Waals surface area contributed by atoms with Crippen LogP contribution in [0.1, 0.15) is 36.1 Å². The number of carboxylic acids is 1. The van der Waals surface area contributed by atoms with Gasteiger partial charge in [0.15, 0.2) is 0 Å². The molecule has 0 saturated carbocycles. The molecule has 0 spiro atoms. The van der Waals surface area contributed by atoms with E-state index in [0.29, 0.717) is 13.0 Å². The minimum atomic E-state index is -0.827. The van der Waals surface area contributed by atoms with Crippen molar-refractivity contribution < 1.29 is 14.6 Å². The van der Waals surface area contributed by atoms with Crippen LogP contribution in [-0.2, 0) is 17.8 Å². The summed E-state index contributed by atoms with van der Waals surface area (Å²) in [6.07, 6.45) is 4.63. The Morgan fingerprint density at radius 3 is 2.67 bits per heavy atom. The maximum Gasteiger partial charge on any atom is 0.316 e. The van der Waals surface area contributed by atoms with Crippen LogP contribution < -0.4 is 4.74 Å². The number of aryl methyl sites for hydroxylation is 1. The molecule has 0 saturated heterocycles. The highest BCUT2D eigenvalue weighted by atomic mass is 32.1. The zero-order valence-electron chi connectivity index (χ0n) is 15.1. The predicted molar refractivity (Wildman–Crippen MR) is 115 cm³/mol. The lowest BCUT2D eigenvalue weighted by Crippen LogP contribution is -2.12. The second-order valence-corrected chi connectivity index (χ2v) is 8.32. The first-order chi connectivity index (χ1) is 13.1. The van der Waals surface area contributed by atoms with Crippen LogP contribution in [0.4, 0.5) is 0 Å². The number of ether oxygens (including phenoxy) is 1. The highest BCUT2D eigenvalue weighted by Crippen LogP contribution is 2.24. The third kappa shape index (κ3) is 6.01. The maximum absolute atomic E-state index is 10.7. The molecule has 1 aromatic heterocycles. The fraction of sp³-hybridized carbons (Fsp3) is 0.318. The molecule has 0 fully saturated rings. The first-order valence-corrected chi connectivity index (χ1v) is 10.6. The quantitative estimate of drug-likeness (QED) is 0.326. The van der Waals surface area contributed by atoms with Crippen LogP contribution in [0.15, 0.2) is 53.9 Å². The summed E-state index contributed by atoms with van der Waals surface area (Å²) in [5.41, 5.74) is 1.32. The predicted octanol–water partition coefficient (Wildman–Crippen LogP) is 5.97. The Morgan fingerprint density at radius 1 is 1.07 bits per heavy atom. The van der Waals surface area contributed by atoms with Gasteiger partial charge in [0.2, 0.25) is 0 Å². The van der Waals surface area contributed by atoms with Gasteiger partial charge >= 0.3 is 5.97 Å². The molecule has 3 nitrogen and oxygen atoms in total. The van der Waals surface area contributed by atoms with Gasteiger partial charge in [-0.15, -0.1) is 11.3 Å². The van der Waals surface area contributed by atoms with Crippen molar-refractivity contribution in [3.63, 3.8) is 0 Å². The number of carboxylic acid groups (broad SMARTS) is 1. The van der Waals surface area contributed by atoms with Gasteiger partial charge in [0.1, 0.15) is 12.4 Å². The van der Waals surface area contributed by atoms with Gasteiger partial charge in [-0.05, 0) is 59.2 Å². The van der Waals surface area contributed by atoms with Crippen LogP contribution in [0.25, 0.3) is 10.8 Å². The second kappa shape index (κ2) is 9.81. The van der Waals surface area contributed by atoms with E-state index in [9.17, 15) is 4.79 Å². The van der Waals surface area contributed by atoms with Crippen molar-refractivity contribution in [3.05, 3.63) is 64.4 Å². The number of aliphatic carboxylic acids is 1. The van der Waals surface area contributed by atoms with E-state index >= 15 is 0 Å². The van der Waals surface area contributed by atoms with Crippen LogP contribution >= 0.6 is 24.0 Å². The lowest BCUT2D eigenvalue weighted by atomic mass is 10.0. The van der Waals surface area contributed by atoms with Gasteiger partial charge in [0.05, 0.1) is 5.25 Å². The SMILES string of the molecule is O=C(O)C(S)CCCCCc1ccc2cc(OCc3cccs3)ccc2c1. The topological polar surface area (TPSA) is 46.5 Å². The van der Waals surface area contributed by atoms with Gasteiger partial charge in [0.25, 0.3) is 0 Å². The molecule has 0 bridgehead atoms. The van der Waals surface area contributed by atoms with Crippen molar-refractivity contribution in [3.8, 4) is 5.75 Å². The minimum Gasteiger partial charge on any atom is -0.488 e. The van der Waals surface area contributed by atoms with Gasteiger partial charge in [-0.25, -0.2) is 0 Å². The summed E-state index contributed by atoms with van der Waals surface area (Å²) < 4.78 is 5.88. The van der Waals surface area contributed by atoms with E-state index in [0.717, 1.165) is 31.4 Å². The van der Waals surface area contributed by atoms with Crippen molar-refractivity contribution in [1.82, 2.24) is 0 Å². The molecule has 0 aliphatic heterocycles. The Bertz CT molecular complexity index is 874. The van der Waals surface area contributed by atoms with E-state index in [2.05, 4.69) is 54.4 Å². The normalized spacial score (nSPS) is 12.2. The van der Waals surface area contributed by atoms with Crippen LogP contribution in [0.2, 0.25) is 0 Å². The largest absolute Gasteiger partial charge is 0.488 e. The molecule has 5 heteroatoms. The number of rotatable bonds is 10. The Morgan fingerprint density at radius 2 is 1.89 bits per heavy atom. The molecule has 142 valence electrons. The Hall–Kier alpha value is -1.98. The number of unbranched alkanes of at least 4 members (excludes halogenated alkanes) is 2. The van der Waals surface area contributed by atoms with E-state index in [-0.39, 0.29) is 0 Å². The highest BCUT2D eigenvalue weighted by Gasteiger charge is 2.10. The van der Waals surface area contributed by atoms with Gasteiger partial charge in [0, 0.05) is 4.88 Å². The summed E-state index contributed by atoms with van der Waals surface area (Å²) in [5, 5.41) is 12.8. The van der Waals surface area contributed by atoms with E-state index in [4.69, 9.17) is 9.84 Å². The lowest BCUT2D eigenvalue weighted by Gasteiger charge is -2.08. The standard InChI is InChI=1S/C22H24O3S2/c23-22(24)21(26)7-3-1-2-5-16-8-9-18-14-19(11-10-17(18)13-16)25-15-20-6-4-12-27-20/h4,6,8-14,21,26H,1-3,5,7,15H2,(H,23,24). The zero-order valence-corrected chi connectivity index (χ0v) is 16.8. The minimum absolute atomic E-state index is 0.540. The number of thiophene rings is 1. The summed E-state index contributed by atoms with van der Waals surface area (Å²) >= 11 is 5.77. The van der Waals surface area contributed by atoms with Crippen molar-refractivity contribution in [2.75, 3.05) is 0 Å². The fourth-order valence-corrected chi connectivity index (χ4v) is 3.83. The number of fused-ring (bicyclic) bond motifs is 1. The molecule has 1 heterocycles. The molecule has 1 atom stereocenters. The van der Waals surface area contributed by atoms with Crippen LogP contribution in [0, 0.1) is 0 Å². The summed E-state index contributed by atoms with van der Waals surface area (Å²) in [6, 6.07) is 16.9. The molecule has 3 aromatic rings. The smallest absolute Gasteiger partial charge is 0.316 e. The third-order valence-corrected chi connectivity index (χ3v) is 5.89. The average molecular weight is 401 g/mol. The van der Waals surface area contributed by atoms with Crippen molar-refractivity contribution in [2.24, 2.45) is 0 Å². The molecule has 1 unspecified atom stereocenters. The van der Waals surface area contributed by atoms with Crippen LogP contribution in [0.5, 0.6) is 5.75 Å². The first kappa shape index (κ1) is 19.8. The summed E-state index contributed by atoms with van der Waals surface area (Å²) in [6.45, 7) is 0.607. The first-order valence-electron chi connectivity index (χ1n) is 9.20. The lowest BCUT2D eigenvalue weighted by molar-refractivity contribution is -0.136. The number of thiol groups is 1. The van der Waals surface area contributed by atoms with Crippen molar-refractivity contribution in [2.45, 2.75) is 44.0 Å². The van der Waals surface area contributed by atoms with E-state index < -0.39 is 11.2 Å². The van der Waals surface area contributed by atoms with Crippen LogP contribution in [-0.4, -0.2) is 16.3 Å². The number of benzene rings is 2. The molecule has 0 radical (unpaired) electrons. The van der Waals surface area contributed by atoms with Gasteiger partial charge < -0.3 is 9.84 Å². The average Bonchev–Trinajstić information content (AvgIpc) is 3.19. The van der Waals surface area contributed by atoms with E-state index in [1.807, 2.05) is 12.1 Å². The van der Waals surface area contributed by atoms with Gasteiger partial charge in [-0.2, -0.15) is 12.6 Å². The molecular formula is C22H24O3S2. The molecule has 3 rings (SSSR count). The second-order valence-electron chi connectivity index (χ2n) is 6.66. The number of hydrogen-bond donors (Lipinski definition) is 2.